The third-order valence-corrected chi connectivity index (χ3v) is 4.00. The van der Waals surface area contributed by atoms with Crippen LogP contribution in [0.15, 0.2) is 0 Å². The second-order valence-corrected chi connectivity index (χ2v) is 6.61. The van der Waals surface area contributed by atoms with Crippen LogP contribution in [0.4, 0.5) is 0 Å². The van der Waals surface area contributed by atoms with Gasteiger partial charge in [0.05, 0.1) is 11.5 Å². The van der Waals surface area contributed by atoms with Crippen LogP contribution in [0, 0.1) is 0 Å². The topological polar surface area (TPSA) is 80.5 Å². The molecule has 0 aliphatic heterocycles. The van der Waals surface area contributed by atoms with Crippen LogP contribution in [-0.4, -0.2) is 50.9 Å². The molecular weight excluding hydrogens is 228 g/mol. The van der Waals surface area contributed by atoms with E-state index < -0.39 is 9.84 Å². The van der Waals surface area contributed by atoms with Gasteiger partial charge < -0.3 is 10.6 Å². The second kappa shape index (κ2) is 6.85. The molecule has 0 aromatic rings. The second-order valence-electron chi connectivity index (χ2n) is 4.31. The van der Waals surface area contributed by atoms with Crippen molar-refractivity contribution in [1.29, 1.82) is 0 Å². The van der Waals surface area contributed by atoms with E-state index in [4.69, 9.17) is 5.73 Å². The third-order valence-electron chi connectivity index (χ3n) is 2.23. The molecule has 0 spiro atoms. The van der Waals surface area contributed by atoms with Crippen molar-refractivity contribution in [2.45, 2.75) is 32.2 Å². The van der Waals surface area contributed by atoms with Gasteiger partial charge in [0.2, 0.25) is 5.91 Å². The summed E-state index contributed by atoms with van der Waals surface area (Å²) in [5.74, 6) is 0.141. The van der Waals surface area contributed by atoms with Crippen molar-refractivity contribution in [2.24, 2.45) is 5.73 Å². The van der Waals surface area contributed by atoms with Crippen molar-refractivity contribution in [2.75, 3.05) is 25.6 Å². The van der Waals surface area contributed by atoms with Gasteiger partial charge in [0.15, 0.2) is 0 Å². The summed E-state index contributed by atoms with van der Waals surface area (Å²) in [6, 6.07) is -0.0989. The first-order valence-corrected chi connectivity index (χ1v) is 7.23. The van der Waals surface area contributed by atoms with Gasteiger partial charge in [-0.3, -0.25) is 4.79 Å². The molecule has 1 atom stereocenters. The molecule has 1 amide bonds. The van der Waals surface area contributed by atoms with E-state index in [9.17, 15) is 13.2 Å². The summed E-state index contributed by atoms with van der Waals surface area (Å²) in [4.78, 5) is 12.7. The van der Waals surface area contributed by atoms with Gasteiger partial charge in [-0.2, -0.15) is 0 Å². The van der Waals surface area contributed by atoms with Crippen LogP contribution in [0.3, 0.4) is 0 Å². The molecular formula is C10H22N2O3S. The molecule has 0 aromatic heterocycles. The van der Waals surface area contributed by atoms with Gasteiger partial charge in [-0.1, -0.05) is 0 Å². The Balaban J connectivity index is 3.87. The Hall–Kier alpha value is -0.620. The standard InChI is InChI=1S/C10H22N2O3S/c1-9(11)6-8-16(14,15)7-4-5-10(13)12(2)3/h9H,4-8,11H2,1-3H3. The number of rotatable bonds is 7. The van der Waals surface area contributed by atoms with E-state index in [0.29, 0.717) is 12.8 Å². The molecule has 5 nitrogen and oxygen atoms in total. The van der Waals surface area contributed by atoms with Crippen LogP contribution in [-0.2, 0) is 14.6 Å². The largest absolute Gasteiger partial charge is 0.349 e. The van der Waals surface area contributed by atoms with Crippen molar-refractivity contribution >= 4 is 15.7 Å². The number of amides is 1. The predicted molar refractivity (Wildman–Crippen MR) is 64.8 cm³/mol. The highest BCUT2D eigenvalue weighted by Gasteiger charge is 2.13. The summed E-state index contributed by atoms with van der Waals surface area (Å²) in [5, 5.41) is 0. The van der Waals surface area contributed by atoms with Crippen molar-refractivity contribution in [3.8, 4) is 0 Å². The molecule has 0 aliphatic carbocycles. The summed E-state index contributed by atoms with van der Waals surface area (Å²) >= 11 is 0. The van der Waals surface area contributed by atoms with Gasteiger partial charge in [-0.15, -0.1) is 0 Å². The lowest BCUT2D eigenvalue weighted by molar-refractivity contribution is -0.128. The quantitative estimate of drug-likeness (QED) is 0.690. The summed E-state index contributed by atoms with van der Waals surface area (Å²) < 4.78 is 23.0. The van der Waals surface area contributed by atoms with E-state index >= 15 is 0 Å². The smallest absolute Gasteiger partial charge is 0.222 e. The van der Waals surface area contributed by atoms with Crippen LogP contribution in [0.1, 0.15) is 26.2 Å². The van der Waals surface area contributed by atoms with Gasteiger partial charge in [0.1, 0.15) is 9.84 Å². The zero-order valence-corrected chi connectivity index (χ0v) is 11.1. The highest BCUT2D eigenvalue weighted by Crippen LogP contribution is 2.02. The zero-order chi connectivity index (χ0) is 12.8. The molecule has 0 fully saturated rings. The lowest BCUT2D eigenvalue weighted by atomic mass is 10.3. The SMILES string of the molecule is CC(N)CCS(=O)(=O)CCCC(=O)N(C)C. The van der Waals surface area contributed by atoms with Gasteiger partial charge in [-0.05, 0) is 19.8 Å². The van der Waals surface area contributed by atoms with Crippen LogP contribution < -0.4 is 5.73 Å². The minimum atomic E-state index is -3.05. The zero-order valence-electron chi connectivity index (χ0n) is 10.3. The van der Waals surface area contributed by atoms with Gasteiger partial charge >= 0.3 is 0 Å². The van der Waals surface area contributed by atoms with Gasteiger partial charge in [0, 0.05) is 26.6 Å². The third kappa shape index (κ3) is 7.64. The first-order chi connectivity index (χ1) is 7.24. The molecule has 2 N–H and O–H groups in total. The lowest BCUT2D eigenvalue weighted by Gasteiger charge is -2.10. The van der Waals surface area contributed by atoms with Gasteiger partial charge in [-0.25, -0.2) is 8.42 Å². The van der Waals surface area contributed by atoms with E-state index in [0.717, 1.165) is 0 Å². The highest BCUT2D eigenvalue weighted by molar-refractivity contribution is 7.91. The molecule has 0 radical (unpaired) electrons. The molecule has 6 heteroatoms. The summed E-state index contributed by atoms with van der Waals surface area (Å²) in [5.41, 5.74) is 5.49. The normalized spacial score (nSPS) is 13.5. The molecule has 96 valence electrons. The van der Waals surface area contributed by atoms with Crippen LogP contribution in [0.25, 0.3) is 0 Å². The number of nitrogens with two attached hydrogens (primary N) is 1. The molecule has 0 heterocycles. The Kier molecular flexibility index (Phi) is 6.59. The van der Waals surface area contributed by atoms with Crippen molar-refractivity contribution in [3.05, 3.63) is 0 Å². The number of hydrogen-bond acceptors (Lipinski definition) is 4. The van der Waals surface area contributed by atoms with E-state index in [1.54, 1.807) is 21.0 Å². The number of carbonyl (C=O) groups excluding carboxylic acids is 1. The minimum Gasteiger partial charge on any atom is -0.349 e. The van der Waals surface area contributed by atoms with Crippen LogP contribution >= 0.6 is 0 Å². The van der Waals surface area contributed by atoms with Crippen molar-refractivity contribution in [3.63, 3.8) is 0 Å². The number of hydrogen-bond donors (Lipinski definition) is 1. The maximum Gasteiger partial charge on any atom is 0.222 e. The highest BCUT2D eigenvalue weighted by atomic mass is 32.2. The minimum absolute atomic E-state index is 0.0395. The molecule has 0 aliphatic rings. The summed E-state index contributed by atoms with van der Waals surface area (Å²) in [6.45, 7) is 1.78. The fraction of sp³-hybridized carbons (Fsp3) is 0.900. The fourth-order valence-electron chi connectivity index (χ4n) is 1.13. The Labute approximate surface area is 97.9 Å². The maximum atomic E-state index is 11.5. The van der Waals surface area contributed by atoms with E-state index in [-0.39, 0.29) is 29.9 Å². The fourth-order valence-corrected chi connectivity index (χ4v) is 2.65. The monoisotopic (exact) mass is 250 g/mol. The van der Waals surface area contributed by atoms with Crippen molar-refractivity contribution in [1.82, 2.24) is 4.90 Å². The maximum absolute atomic E-state index is 11.5. The van der Waals surface area contributed by atoms with E-state index in [1.165, 1.54) is 4.90 Å². The first-order valence-electron chi connectivity index (χ1n) is 5.41. The Bertz CT molecular complexity index is 310. The lowest BCUT2D eigenvalue weighted by Crippen LogP contribution is -2.24. The molecule has 16 heavy (non-hydrogen) atoms. The Morgan fingerprint density at radius 2 is 1.88 bits per heavy atom. The first kappa shape index (κ1) is 15.4. The van der Waals surface area contributed by atoms with E-state index in [2.05, 4.69) is 0 Å². The molecule has 0 saturated carbocycles. The molecule has 0 saturated heterocycles. The van der Waals surface area contributed by atoms with E-state index in [1.807, 2.05) is 0 Å². The van der Waals surface area contributed by atoms with Crippen LogP contribution in [0.5, 0.6) is 0 Å². The van der Waals surface area contributed by atoms with Gasteiger partial charge in [0.25, 0.3) is 0 Å². The number of carbonyl (C=O) groups is 1. The Morgan fingerprint density at radius 1 is 1.31 bits per heavy atom. The number of nitrogens with zero attached hydrogens (tertiary/aromatic N) is 1. The average molecular weight is 250 g/mol. The molecule has 0 aromatic carbocycles. The molecule has 0 rings (SSSR count). The van der Waals surface area contributed by atoms with Crippen molar-refractivity contribution < 1.29 is 13.2 Å². The summed E-state index contributed by atoms with van der Waals surface area (Å²) in [6.07, 6.45) is 1.15. The Morgan fingerprint density at radius 3 is 2.31 bits per heavy atom. The molecule has 0 bridgehead atoms. The predicted octanol–water partition coefficient (Wildman–Crippen LogP) is 0.00690. The average Bonchev–Trinajstić information content (AvgIpc) is 2.14. The molecule has 1 unspecified atom stereocenters. The summed E-state index contributed by atoms with van der Waals surface area (Å²) in [7, 11) is 0.271. The number of sulfone groups is 1. The van der Waals surface area contributed by atoms with Crippen LogP contribution in [0.2, 0.25) is 0 Å².